The van der Waals surface area contributed by atoms with Gasteiger partial charge >= 0.3 is 12.0 Å². The highest BCUT2D eigenvalue weighted by Gasteiger charge is 2.41. The highest BCUT2D eigenvalue weighted by Crippen LogP contribution is 2.30. The number of anilines is 1. The number of hydrogen-bond donors (Lipinski definition) is 1. The van der Waals surface area contributed by atoms with Gasteiger partial charge in [-0.1, -0.05) is 18.2 Å². The number of esters is 1. The topological polar surface area (TPSA) is 114 Å². The van der Waals surface area contributed by atoms with Gasteiger partial charge < -0.3 is 9.47 Å². The predicted octanol–water partition coefficient (Wildman–Crippen LogP) is 2.47. The zero-order chi connectivity index (χ0) is 21.7. The smallest absolute Gasteiger partial charge is 0.338 e. The SMILES string of the molecule is CCOC(=O)c1cccc(N=C[C@@H]2C(=O)NC(=O)N(c3ccccc3OC)C2=O)c1. The molecule has 1 aliphatic rings. The molecule has 1 N–H and O–H groups in total. The zero-order valence-electron chi connectivity index (χ0n) is 16.3. The minimum atomic E-state index is -1.33. The lowest BCUT2D eigenvalue weighted by Gasteiger charge is -2.29. The Morgan fingerprint density at radius 1 is 1.17 bits per heavy atom. The van der Waals surface area contributed by atoms with Crippen LogP contribution in [0.2, 0.25) is 0 Å². The van der Waals surface area contributed by atoms with E-state index < -0.39 is 29.7 Å². The quantitative estimate of drug-likeness (QED) is 0.445. The first-order valence-corrected chi connectivity index (χ1v) is 9.09. The normalized spacial score (nSPS) is 16.5. The molecule has 0 radical (unpaired) electrons. The summed E-state index contributed by atoms with van der Waals surface area (Å²) in [6.45, 7) is 1.93. The highest BCUT2D eigenvalue weighted by molar-refractivity contribution is 6.33. The fourth-order valence-electron chi connectivity index (χ4n) is 2.85. The molecule has 0 bridgehead atoms. The third-order valence-electron chi connectivity index (χ3n) is 4.26. The number of methoxy groups -OCH3 is 1. The molecule has 1 fully saturated rings. The van der Waals surface area contributed by atoms with Crippen LogP contribution in [-0.4, -0.2) is 43.7 Å². The first-order chi connectivity index (χ1) is 14.5. The summed E-state index contributed by atoms with van der Waals surface area (Å²) in [5.74, 6) is -3.10. The monoisotopic (exact) mass is 409 g/mol. The predicted molar refractivity (Wildman–Crippen MR) is 108 cm³/mol. The van der Waals surface area contributed by atoms with Gasteiger partial charge in [0.15, 0.2) is 5.92 Å². The summed E-state index contributed by atoms with van der Waals surface area (Å²) in [5.41, 5.74) is 0.844. The summed E-state index contributed by atoms with van der Waals surface area (Å²) in [7, 11) is 1.41. The van der Waals surface area contributed by atoms with Crippen molar-refractivity contribution in [3.63, 3.8) is 0 Å². The number of imide groups is 2. The molecule has 9 nitrogen and oxygen atoms in total. The molecule has 2 aromatic carbocycles. The molecule has 154 valence electrons. The van der Waals surface area contributed by atoms with Gasteiger partial charge in [0.2, 0.25) is 5.91 Å². The fraction of sp³-hybridized carbons (Fsp3) is 0.190. The van der Waals surface area contributed by atoms with Gasteiger partial charge in [-0.05, 0) is 37.3 Å². The van der Waals surface area contributed by atoms with Crippen molar-refractivity contribution in [2.75, 3.05) is 18.6 Å². The summed E-state index contributed by atoms with van der Waals surface area (Å²) in [4.78, 5) is 54.3. The van der Waals surface area contributed by atoms with E-state index in [-0.39, 0.29) is 17.9 Å². The van der Waals surface area contributed by atoms with Gasteiger partial charge in [0, 0.05) is 6.21 Å². The van der Waals surface area contributed by atoms with Crippen molar-refractivity contribution in [2.45, 2.75) is 6.92 Å². The van der Waals surface area contributed by atoms with E-state index in [0.717, 1.165) is 11.1 Å². The molecule has 1 saturated heterocycles. The Labute approximate surface area is 172 Å². The second-order valence-electron chi connectivity index (χ2n) is 6.17. The van der Waals surface area contributed by atoms with Crippen LogP contribution in [0.3, 0.4) is 0 Å². The molecule has 1 heterocycles. The van der Waals surface area contributed by atoms with Crippen LogP contribution in [0.4, 0.5) is 16.2 Å². The van der Waals surface area contributed by atoms with Crippen molar-refractivity contribution in [1.29, 1.82) is 0 Å². The summed E-state index contributed by atoms with van der Waals surface area (Å²) >= 11 is 0. The van der Waals surface area contributed by atoms with Gasteiger partial charge in [-0.2, -0.15) is 0 Å². The van der Waals surface area contributed by atoms with Crippen molar-refractivity contribution in [3.8, 4) is 5.75 Å². The van der Waals surface area contributed by atoms with Crippen molar-refractivity contribution >= 4 is 41.4 Å². The Morgan fingerprint density at radius 2 is 1.93 bits per heavy atom. The van der Waals surface area contributed by atoms with E-state index in [1.54, 1.807) is 43.3 Å². The average molecular weight is 409 g/mol. The van der Waals surface area contributed by atoms with E-state index in [0.29, 0.717) is 11.4 Å². The summed E-state index contributed by atoms with van der Waals surface area (Å²) in [6, 6.07) is 11.8. The van der Waals surface area contributed by atoms with Gasteiger partial charge in [0.05, 0.1) is 30.7 Å². The van der Waals surface area contributed by atoms with E-state index in [4.69, 9.17) is 9.47 Å². The second kappa shape index (κ2) is 8.99. The van der Waals surface area contributed by atoms with Crippen LogP contribution < -0.4 is 15.0 Å². The minimum absolute atomic E-state index is 0.206. The fourth-order valence-corrected chi connectivity index (χ4v) is 2.85. The van der Waals surface area contributed by atoms with E-state index in [2.05, 4.69) is 10.3 Å². The van der Waals surface area contributed by atoms with Crippen LogP contribution in [0.15, 0.2) is 53.5 Å². The van der Waals surface area contributed by atoms with Crippen molar-refractivity contribution in [3.05, 3.63) is 54.1 Å². The number of para-hydroxylation sites is 2. The molecular weight excluding hydrogens is 390 g/mol. The Kier molecular flexibility index (Phi) is 6.21. The lowest BCUT2D eigenvalue weighted by atomic mass is 10.1. The van der Waals surface area contributed by atoms with Gasteiger partial charge in [0.25, 0.3) is 5.91 Å². The maximum atomic E-state index is 12.9. The van der Waals surface area contributed by atoms with Gasteiger partial charge in [-0.3, -0.25) is 19.9 Å². The molecule has 1 aliphatic heterocycles. The van der Waals surface area contributed by atoms with E-state index in [9.17, 15) is 19.2 Å². The number of hydrogen-bond acceptors (Lipinski definition) is 7. The number of nitrogens with one attached hydrogen (secondary N) is 1. The van der Waals surface area contributed by atoms with E-state index >= 15 is 0 Å². The van der Waals surface area contributed by atoms with Crippen LogP contribution in [0, 0.1) is 5.92 Å². The lowest BCUT2D eigenvalue weighted by molar-refractivity contribution is -0.131. The maximum Gasteiger partial charge on any atom is 0.338 e. The lowest BCUT2D eigenvalue weighted by Crippen LogP contribution is -2.58. The Morgan fingerprint density at radius 3 is 2.67 bits per heavy atom. The Bertz CT molecular complexity index is 1030. The molecular formula is C21H19N3O6. The maximum absolute atomic E-state index is 12.9. The molecule has 0 spiro atoms. The van der Waals surface area contributed by atoms with Crippen LogP contribution >= 0.6 is 0 Å². The number of carbonyl (C=O) groups excluding carboxylic acids is 4. The molecule has 0 saturated carbocycles. The third kappa shape index (κ3) is 4.19. The number of nitrogens with zero attached hydrogens (tertiary/aromatic N) is 2. The zero-order valence-corrected chi connectivity index (χ0v) is 16.3. The van der Waals surface area contributed by atoms with Crippen molar-refractivity contribution in [2.24, 2.45) is 10.9 Å². The molecule has 0 aliphatic carbocycles. The number of aliphatic imine (C=N–C) groups is 1. The van der Waals surface area contributed by atoms with Crippen molar-refractivity contribution < 1.29 is 28.7 Å². The number of barbiturate groups is 1. The molecule has 1 atom stereocenters. The Hall–Kier alpha value is -4.01. The molecule has 0 aromatic heterocycles. The summed E-state index contributed by atoms with van der Waals surface area (Å²) in [6.07, 6.45) is 1.14. The number of benzene rings is 2. The van der Waals surface area contributed by atoms with Gasteiger partial charge in [-0.15, -0.1) is 0 Å². The molecule has 9 heteroatoms. The first-order valence-electron chi connectivity index (χ1n) is 9.09. The largest absolute Gasteiger partial charge is 0.495 e. The number of amides is 4. The third-order valence-corrected chi connectivity index (χ3v) is 4.26. The average Bonchev–Trinajstić information content (AvgIpc) is 2.74. The molecule has 0 unspecified atom stereocenters. The van der Waals surface area contributed by atoms with E-state index in [1.807, 2.05) is 0 Å². The van der Waals surface area contributed by atoms with Crippen LogP contribution in [0.5, 0.6) is 5.75 Å². The summed E-state index contributed by atoms with van der Waals surface area (Å²) < 4.78 is 10.1. The number of rotatable bonds is 6. The van der Waals surface area contributed by atoms with Gasteiger partial charge in [0.1, 0.15) is 5.75 Å². The molecule has 2 aromatic rings. The first kappa shape index (κ1) is 20.7. The number of urea groups is 1. The van der Waals surface area contributed by atoms with Gasteiger partial charge in [-0.25, -0.2) is 14.5 Å². The standard InChI is InChI=1S/C21H19N3O6/c1-3-30-20(27)13-7-6-8-14(11-13)22-12-15-18(25)23-21(28)24(19(15)26)16-9-4-5-10-17(16)29-2/h4-12,15H,3H2,1-2H3,(H,23,25,28)/t15-/m1/s1. The van der Waals surface area contributed by atoms with Crippen LogP contribution in [0.25, 0.3) is 0 Å². The minimum Gasteiger partial charge on any atom is -0.495 e. The molecule has 4 amide bonds. The van der Waals surface area contributed by atoms with Crippen LogP contribution in [0.1, 0.15) is 17.3 Å². The number of carbonyl (C=O) groups is 4. The van der Waals surface area contributed by atoms with E-state index in [1.165, 1.54) is 19.2 Å². The number of ether oxygens (including phenoxy) is 2. The molecule has 3 rings (SSSR count). The second-order valence-corrected chi connectivity index (χ2v) is 6.17. The molecule has 30 heavy (non-hydrogen) atoms. The summed E-state index contributed by atoms with van der Waals surface area (Å²) in [5, 5.41) is 2.15. The van der Waals surface area contributed by atoms with Crippen LogP contribution in [-0.2, 0) is 14.3 Å². The Balaban J connectivity index is 1.88. The highest BCUT2D eigenvalue weighted by atomic mass is 16.5. The van der Waals surface area contributed by atoms with Crippen molar-refractivity contribution in [1.82, 2.24) is 5.32 Å².